The maximum atomic E-state index is 12.9. The van der Waals surface area contributed by atoms with Crippen LogP contribution in [0.5, 0.6) is 5.75 Å². The first kappa shape index (κ1) is 17.6. The van der Waals surface area contributed by atoms with E-state index in [1.807, 2.05) is 0 Å². The molecule has 19 heavy (non-hydrogen) atoms. The van der Waals surface area contributed by atoms with Gasteiger partial charge in [0.15, 0.2) is 0 Å². The third-order valence-corrected chi connectivity index (χ3v) is 3.47. The summed E-state index contributed by atoms with van der Waals surface area (Å²) in [5.74, 6) is 0.403. The van der Waals surface area contributed by atoms with Crippen LogP contribution in [0, 0.1) is 12.8 Å². The van der Waals surface area contributed by atoms with Gasteiger partial charge in [0, 0.05) is 0 Å². The van der Waals surface area contributed by atoms with Gasteiger partial charge in [0.1, 0.15) is 0 Å². The summed E-state index contributed by atoms with van der Waals surface area (Å²) in [4.78, 5) is 0. The molecular formula is C13H17BF3KO. The third-order valence-electron chi connectivity index (χ3n) is 3.47. The smallest absolute Gasteiger partial charge is 0.496 e. The van der Waals surface area contributed by atoms with E-state index >= 15 is 0 Å². The standard InChI is InChI=1S/C13H17BF3O.K/c1-10-6-7-13(12(8-10)14(15,16)17)18-9-11-4-2-3-5-11;/h6-8,11H,2-5,9H2,1H3;/q-1;+1. The van der Waals surface area contributed by atoms with E-state index in [2.05, 4.69) is 0 Å². The molecule has 0 aliphatic heterocycles. The molecule has 0 amide bonds. The number of benzene rings is 1. The maximum Gasteiger partial charge on any atom is 1.00 e. The van der Waals surface area contributed by atoms with Crippen LogP contribution in [0.3, 0.4) is 0 Å². The van der Waals surface area contributed by atoms with Gasteiger partial charge >= 0.3 is 58.4 Å². The van der Waals surface area contributed by atoms with Crippen LogP contribution in [0.4, 0.5) is 12.9 Å². The number of hydrogen-bond donors (Lipinski definition) is 0. The SMILES string of the molecule is Cc1ccc(OCC2CCCC2)c([B-](F)(F)F)c1.[K+]. The number of halogens is 3. The average molecular weight is 296 g/mol. The van der Waals surface area contributed by atoms with Crippen molar-refractivity contribution in [3.8, 4) is 5.75 Å². The van der Waals surface area contributed by atoms with E-state index in [1.54, 1.807) is 13.0 Å². The van der Waals surface area contributed by atoms with Crippen LogP contribution in [0.15, 0.2) is 18.2 Å². The van der Waals surface area contributed by atoms with Crippen molar-refractivity contribution in [2.24, 2.45) is 5.92 Å². The Balaban J connectivity index is 0.00000180. The minimum absolute atomic E-state index is 0. The molecule has 1 aliphatic rings. The quantitative estimate of drug-likeness (QED) is 0.740. The summed E-state index contributed by atoms with van der Waals surface area (Å²) in [5, 5.41) is 0. The van der Waals surface area contributed by atoms with Gasteiger partial charge in [-0.1, -0.05) is 36.0 Å². The minimum atomic E-state index is -5.01. The van der Waals surface area contributed by atoms with E-state index in [9.17, 15) is 12.9 Å². The molecule has 2 rings (SSSR count). The van der Waals surface area contributed by atoms with Gasteiger partial charge < -0.3 is 17.7 Å². The van der Waals surface area contributed by atoms with Crippen LogP contribution in [0.2, 0.25) is 0 Å². The van der Waals surface area contributed by atoms with Crippen molar-refractivity contribution in [1.29, 1.82) is 0 Å². The number of aryl methyl sites for hydroxylation is 1. The zero-order chi connectivity index (χ0) is 13.2. The first-order valence-corrected chi connectivity index (χ1v) is 6.40. The molecule has 1 aromatic carbocycles. The molecule has 0 saturated heterocycles. The van der Waals surface area contributed by atoms with Gasteiger partial charge in [-0.3, -0.25) is 0 Å². The summed E-state index contributed by atoms with van der Waals surface area (Å²) < 4.78 is 44.1. The Morgan fingerprint density at radius 2 is 1.84 bits per heavy atom. The number of rotatable bonds is 4. The molecule has 0 bridgehead atoms. The molecule has 0 radical (unpaired) electrons. The van der Waals surface area contributed by atoms with Crippen LogP contribution in [0.25, 0.3) is 0 Å². The molecule has 0 atom stereocenters. The van der Waals surface area contributed by atoms with Crippen molar-refractivity contribution >= 4 is 12.4 Å². The Morgan fingerprint density at radius 3 is 2.42 bits per heavy atom. The maximum absolute atomic E-state index is 12.9. The minimum Gasteiger partial charge on any atom is -0.496 e. The fraction of sp³-hybridized carbons (Fsp3) is 0.538. The average Bonchev–Trinajstić information content (AvgIpc) is 2.79. The van der Waals surface area contributed by atoms with Crippen molar-refractivity contribution < 1.29 is 69.1 Å². The normalized spacial score (nSPS) is 16.2. The van der Waals surface area contributed by atoms with Gasteiger partial charge in [-0.25, -0.2) is 0 Å². The summed E-state index contributed by atoms with van der Waals surface area (Å²) in [7, 11) is 0. The van der Waals surface area contributed by atoms with E-state index in [1.165, 1.54) is 12.1 Å². The van der Waals surface area contributed by atoms with Gasteiger partial charge in [0.25, 0.3) is 0 Å². The Labute approximate surface area is 154 Å². The molecule has 100 valence electrons. The fourth-order valence-electron chi connectivity index (χ4n) is 2.44. The van der Waals surface area contributed by atoms with E-state index in [-0.39, 0.29) is 57.1 Å². The monoisotopic (exact) mass is 296 g/mol. The molecule has 1 nitrogen and oxygen atoms in total. The second kappa shape index (κ2) is 7.50. The Hall–Kier alpha value is 0.511. The Bertz CT molecular complexity index is 417. The van der Waals surface area contributed by atoms with Crippen molar-refractivity contribution in [1.82, 2.24) is 0 Å². The molecule has 0 unspecified atom stereocenters. The molecule has 0 aromatic heterocycles. The second-order valence-electron chi connectivity index (χ2n) is 5.08. The summed E-state index contributed by atoms with van der Waals surface area (Å²) in [5.41, 5.74) is 0.00501. The first-order chi connectivity index (χ1) is 8.47. The fourth-order valence-corrected chi connectivity index (χ4v) is 2.44. The molecule has 1 saturated carbocycles. The molecule has 1 fully saturated rings. The summed E-state index contributed by atoms with van der Waals surface area (Å²) >= 11 is 0. The van der Waals surface area contributed by atoms with Crippen molar-refractivity contribution in [3.05, 3.63) is 23.8 Å². The van der Waals surface area contributed by atoms with Gasteiger partial charge in [-0.05, 0) is 31.7 Å². The molecule has 0 heterocycles. The van der Waals surface area contributed by atoms with Crippen LogP contribution in [-0.2, 0) is 0 Å². The molecule has 1 aliphatic carbocycles. The molecule has 0 spiro atoms. The second-order valence-corrected chi connectivity index (χ2v) is 5.08. The Morgan fingerprint density at radius 1 is 1.21 bits per heavy atom. The predicted octanol–water partition coefficient (Wildman–Crippen LogP) is 0.622. The van der Waals surface area contributed by atoms with Crippen LogP contribution >= 0.6 is 0 Å². The number of hydrogen-bond acceptors (Lipinski definition) is 1. The largest absolute Gasteiger partial charge is 1.00 e. The predicted molar refractivity (Wildman–Crippen MR) is 67.3 cm³/mol. The van der Waals surface area contributed by atoms with Crippen molar-refractivity contribution in [2.45, 2.75) is 32.6 Å². The van der Waals surface area contributed by atoms with Gasteiger partial charge in [0.2, 0.25) is 0 Å². The summed E-state index contributed by atoms with van der Waals surface area (Å²) in [6, 6.07) is 4.27. The molecule has 0 N–H and O–H groups in total. The summed E-state index contributed by atoms with van der Waals surface area (Å²) in [6.45, 7) is -2.94. The first-order valence-electron chi connectivity index (χ1n) is 6.40. The van der Waals surface area contributed by atoms with Gasteiger partial charge in [0.05, 0.1) is 12.4 Å². The van der Waals surface area contributed by atoms with Crippen LogP contribution < -0.4 is 61.6 Å². The molecule has 1 aromatic rings. The van der Waals surface area contributed by atoms with E-state index in [4.69, 9.17) is 4.74 Å². The van der Waals surface area contributed by atoms with E-state index in [0.29, 0.717) is 18.1 Å². The zero-order valence-electron chi connectivity index (χ0n) is 11.5. The molecule has 6 heteroatoms. The van der Waals surface area contributed by atoms with Crippen LogP contribution in [-0.4, -0.2) is 13.6 Å². The zero-order valence-corrected chi connectivity index (χ0v) is 14.6. The third kappa shape index (κ3) is 5.08. The van der Waals surface area contributed by atoms with E-state index < -0.39 is 12.4 Å². The van der Waals surface area contributed by atoms with E-state index in [0.717, 1.165) is 25.7 Å². The number of ether oxygens (including phenoxy) is 1. The van der Waals surface area contributed by atoms with Gasteiger partial charge in [-0.2, -0.15) is 0 Å². The van der Waals surface area contributed by atoms with Crippen molar-refractivity contribution in [3.63, 3.8) is 0 Å². The van der Waals surface area contributed by atoms with Crippen molar-refractivity contribution in [2.75, 3.05) is 6.61 Å². The van der Waals surface area contributed by atoms with Gasteiger partial charge in [-0.15, -0.1) is 0 Å². The Kier molecular flexibility index (Phi) is 6.93. The van der Waals surface area contributed by atoms with Crippen LogP contribution in [0.1, 0.15) is 31.2 Å². The molecular weight excluding hydrogens is 279 g/mol. The topological polar surface area (TPSA) is 9.23 Å². The summed E-state index contributed by atoms with van der Waals surface area (Å²) in [6.07, 6.45) is 4.46.